The minimum atomic E-state index is -1.68. The molecule has 166 valence electrons. The van der Waals surface area contributed by atoms with E-state index in [-0.39, 0.29) is 23.5 Å². The number of fused-ring (bicyclic) bond motifs is 2. The molecule has 11 heteroatoms. The van der Waals surface area contributed by atoms with Crippen LogP contribution in [-0.2, 0) is 4.74 Å². The zero-order chi connectivity index (χ0) is 22.6. The van der Waals surface area contributed by atoms with Crippen LogP contribution in [0.15, 0.2) is 42.9 Å². The van der Waals surface area contributed by atoms with Gasteiger partial charge in [-0.05, 0) is 31.2 Å². The van der Waals surface area contributed by atoms with Crippen LogP contribution in [0, 0.1) is 5.82 Å². The van der Waals surface area contributed by atoms with E-state index in [1.54, 1.807) is 18.2 Å². The number of halogens is 1. The maximum Gasteiger partial charge on any atom is 0.164 e. The largest absolute Gasteiger partial charge is 0.491 e. The van der Waals surface area contributed by atoms with Gasteiger partial charge in [0.1, 0.15) is 48.1 Å². The van der Waals surface area contributed by atoms with E-state index in [1.165, 1.54) is 17.8 Å². The van der Waals surface area contributed by atoms with Gasteiger partial charge in [-0.2, -0.15) is 0 Å². The third-order valence-corrected chi connectivity index (χ3v) is 5.78. The van der Waals surface area contributed by atoms with E-state index in [1.807, 2.05) is 12.1 Å². The molecule has 0 aliphatic carbocycles. The standard InChI is InChI=1S/C21H21FN6O4/c1-21(30)14(8-31-11-4-2-10-3-5-15(23)27-13(10)6-11)32-20(17(21)29)28-7-12(22)16-18(24)25-9-26-19(16)28/h2-7,9,14,17,20,29-30H,8H2,1H3,(H2,23,27)(H2,24,25,26)/t14-,17+,20-,21-/m1/s1. The molecular formula is C21H21FN6O4. The lowest BCUT2D eigenvalue weighted by molar-refractivity contribution is -0.0765. The molecule has 4 aromatic rings. The summed E-state index contributed by atoms with van der Waals surface area (Å²) in [6.45, 7) is 1.35. The first kappa shape index (κ1) is 20.4. The quantitative estimate of drug-likeness (QED) is 0.368. The van der Waals surface area contributed by atoms with E-state index >= 15 is 0 Å². The third kappa shape index (κ3) is 3.18. The Morgan fingerprint density at radius 3 is 2.84 bits per heavy atom. The fraction of sp³-hybridized carbons (Fsp3) is 0.286. The van der Waals surface area contributed by atoms with Crippen LogP contribution >= 0.6 is 0 Å². The van der Waals surface area contributed by atoms with Gasteiger partial charge < -0.3 is 35.7 Å². The molecule has 4 atom stereocenters. The Morgan fingerprint density at radius 2 is 2.03 bits per heavy atom. The molecule has 0 spiro atoms. The van der Waals surface area contributed by atoms with E-state index < -0.39 is 29.9 Å². The number of rotatable bonds is 4. The van der Waals surface area contributed by atoms with Gasteiger partial charge >= 0.3 is 0 Å². The first-order valence-corrected chi connectivity index (χ1v) is 9.87. The van der Waals surface area contributed by atoms with Crippen LogP contribution in [0.1, 0.15) is 13.2 Å². The fourth-order valence-electron chi connectivity index (χ4n) is 3.92. The van der Waals surface area contributed by atoms with Crippen LogP contribution in [0.25, 0.3) is 21.9 Å². The first-order chi connectivity index (χ1) is 15.3. The van der Waals surface area contributed by atoms with Crippen molar-refractivity contribution in [3.8, 4) is 5.75 Å². The maximum absolute atomic E-state index is 14.4. The van der Waals surface area contributed by atoms with Crippen molar-refractivity contribution < 1.29 is 24.1 Å². The molecule has 0 unspecified atom stereocenters. The van der Waals surface area contributed by atoms with Crippen molar-refractivity contribution in [2.24, 2.45) is 0 Å². The molecule has 0 amide bonds. The van der Waals surface area contributed by atoms with Gasteiger partial charge in [-0.3, -0.25) is 0 Å². The Hall–Kier alpha value is -3.54. The molecule has 10 nitrogen and oxygen atoms in total. The molecule has 0 radical (unpaired) electrons. The summed E-state index contributed by atoms with van der Waals surface area (Å²) in [6.07, 6.45) is -1.12. The molecule has 1 saturated heterocycles. The average Bonchev–Trinajstić information content (AvgIpc) is 3.20. The number of benzene rings is 1. The van der Waals surface area contributed by atoms with Gasteiger partial charge in [0.15, 0.2) is 17.7 Å². The zero-order valence-corrected chi connectivity index (χ0v) is 17.0. The molecule has 3 aromatic heterocycles. The van der Waals surface area contributed by atoms with Crippen molar-refractivity contribution >= 4 is 33.6 Å². The molecule has 4 heterocycles. The molecule has 1 aromatic carbocycles. The number of aliphatic hydroxyl groups is 2. The molecule has 1 aliphatic heterocycles. The van der Waals surface area contributed by atoms with Gasteiger partial charge in [0.2, 0.25) is 0 Å². The number of aromatic nitrogens is 4. The summed E-state index contributed by atoms with van der Waals surface area (Å²) in [4.78, 5) is 12.1. The summed E-state index contributed by atoms with van der Waals surface area (Å²) in [7, 11) is 0. The minimum absolute atomic E-state index is 0.0191. The second kappa shape index (κ2) is 7.26. The summed E-state index contributed by atoms with van der Waals surface area (Å²) in [5, 5.41) is 22.6. The second-order valence-electron chi connectivity index (χ2n) is 7.93. The van der Waals surface area contributed by atoms with Crippen molar-refractivity contribution in [3.63, 3.8) is 0 Å². The van der Waals surface area contributed by atoms with Gasteiger partial charge in [-0.1, -0.05) is 0 Å². The zero-order valence-electron chi connectivity index (χ0n) is 17.0. The van der Waals surface area contributed by atoms with Crippen LogP contribution in [-0.4, -0.2) is 54.1 Å². The number of nitrogens with two attached hydrogens (primary N) is 2. The van der Waals surface area contributed by atoms with Crippen molar-refractivity contribution in [3.05, 3.63) is 48.7 Å². The molecule has 1 aliphatic rings. The minimum Gasteiger partial charge on any atom is -0.491 e. The SMILES string of the molecule is C[C@@]1(O)[C@@H](COc2ccc3ccc(N)nc3c2)O[C@@H](n2cc(F)c3c(N)ncnc32)[C@@H]1O. The van der Waals surface area contributed by atoms with Crippen molar-refractivity contribution in [1.82, 2.24) is 19.5 Å². The Bertz CT molecular complexity index is 1330. The number of ether oxygens (including phenoxy) is 2. The lowest BCUT2D eigenvalue weighted by Gasteiger charge is -2.26. The van der Waals surface area contributed by atoms with Crippen LogP contribution in [0.4, 0.5) is 16.0 Å². The summed E-state index contributed by atoms with van der Waals surface area (Å²) in [5.41, 5.74) is 10.6. The number of aliphatic hydroxyl groups excluding tert-OH is 1. The van der Waals surface area contributed by atoms with Crippen molar-refractivity contribution in [1.29, 1.82) is 0 Å². The lowest BCUT2D eigenvalue weighted by Crippen LogP contribution is -2.47. The van der Waals surface area contributed by atoms with E-state index in [0.29, 0.717) is 17.1 Å². The number of anilines is 2. The number of hydrogen-bond donors (Lipinski definition) is 4. The van der Waals surface area contributed by atoms with Gasteiger partial charge in [0.25, 0.3) is 0 Å². The second-order valence-corrected chi connectivity index (χ2v) is 7.93. The van der Waals surface area contributed by atoms with Gasteiger partial charge in [-0.25, -0.2) is 19.3 Å². The monoisotopic (exact) mass is 440 g/mol. The normalized spacial score (nSPS) is 25.6. The van der Waals surface area contributed by atoms with Gasteiger partial charge in [-0.15, -0.1) is 0 Å². The molecule has 6 N–H and O–H groups in total. The topological polar surface area (TPSA) is 155 Å². The third-order valence-electron chi connectivity index (χ3n) is 5.78. The molecular weight excluding hydrogens is 419 g/mol. The van der Waals surface area contributed by atoms with Crippen molar-refractivity contribution in [2.45, 2.75) is 31.0 Å². The molecule has 0 bridgehead atoms. The molecule has 1 fully saturated rings. The Morgan fingerprint density at radius 1 is 1.25 bits per heavy atom. The lowest BCUT2D eigenvalue weighted by atomic mass is 9.95. The average molecular weight is 440 g/mol. The van der Waals surface area contributed by atoms with E-state index in [2.05, 4.69) is 15.0 Å². The highest BCUT2D eigenvalue weighted by atomic mass is 19.1. The highest BCUT2D eigenvalue weighted by Crippen LogP contribution is 2.39. The predicted molar refractivity (Wildman–Crippen MR) is 114 cm³/mol. The summed E-state index contributed by atoms with van der Waals surface area (Å²) < 4.78 is 27.5. The smallest absolute Gasteiger partial charge is 0.164 e. The van der Waals surface area contributed by atoms with E-state index in [0.717, 1.165) is 11.6 Å². The maximum atomic E-state index is 14.4. The predicted octanol–water partition coefficient (Wildman–Crippen LogP) is 1.37. The van der Waals surface area contributed by atoms with Crippen LogP contribution in [0.2, 0.25) is 0 Å². The van der Waals surface area contributed by atoms with E-state index in [9.17, 15) is 14.6 Å². The summed E-state index contributed by atoms with van der Waals surface area (Å²) >= 11 is 0. The first-order valence-electron chi connectivity index (χ1n) is 9.87. The van der Waals surface area contributed by atoms with Crippen molar-refractivity contribution in [2.75, 3.05) is 18.1 Å². The number of nitrogens with zero attached hydrogens (tertiary/aromatic N) is 4. The van der Waals surface area contributed by atoms with Gasteiger partial charge in [0.05, 0.1) is 10.9 Å². The Labute approximate surface area is 181 Å². The van der Waals surface area contributed by atoms with Crippen LogP contribution < -0.4 is 16.2 Å². The van der Waals surface area contributed by atoms with E-state index in [4.69, 9.17) is 20.9 Å². The molecule has 0 saturated carbocycles. The Kier molecular flexibility index (Phi) is 4.62. The summed E-state index contributed by atoms with van der Waals surface area (Å²) in [6, 6.07) is 8.87. The molecule has 5 rings (SSSR count). The van der Waals surface area contributed by atoms with Gasteiger partial charge in [0, 0.05) is 17.6 Å². The highest BCUT2D eigenvalue weighted by Gasteiger charge is 2.53. The number of pyridine rings is 1. The number of nitrogen functional groups attached to an aromatic ring is 2. The van der Waals surface area contributed by atoms with Crippen LogP contribution in [0.5, 0.6) is 5.75 Å². The Balaban J connectivity index is 1.40. The fourth-order valence-corrected chi connectivity index (χ4v) is 3.92. The number of hydrogen-bond acceptors (Lipinski definition) is 9. The molecule has 32 heavy (non-hydrogen) atoms. The van der Waals surface area contributed by atoms with Crippen LogP contribution in [0.3, 0.4) is 0 Å². The summed E-state index contributed by atoms with van der Waals surface area (Å²) in [5.74, 6) is 0.191. The highest BCUT2D eigenvalue weighted by molar-refractivity contribution is 5.86.